The second-order valence-electron chi connectivity index (χ2n) is 9.27. The molecule has 1 saturated carbocycles. The van der Waals surface area contributed by atoms with E-state index >= 15 is 0 Å². The molecule has 1 fully saturated rings. The number of nitrogens with zero attached hydrogens (tertiary/aromatic N) is 2. The lowest BCUT2D eigenvalue weighted by Gasteiger charge is -2.45. The first-order valence-corrected chi connectivity index (χ1v) is 12.2. The standard InChI is InChI=1S/C26H34FN3O3/c27-18-26(25(33)28-21-12-7-2-1-3-8-13-21)19-29-22(20-10-5-4-6-11-20)14-15-23(29)24(32)30(26)16-9-17-31/h4-6,10-11,14-15,21,31H,1-3,7-9,12-13,16-19H2,(H,28,33). The average molecular weight is 456 g/mol. The molecule has 2 heterocycles. The van der Waals surface area contributed by atoms with E-state index in [1.807, 2.05) is 36.4 Å². The SMILES string of the molecule is O=C1c2ccc(-c3ccccc3)n2CC(CF)(C(=O)NC2CCCCCCC2)N1CCCO. The molecule has 7 heteroatoms. The molecule has 4 rings (SSSR count). The van der Waals surface area contributed by atoms with Crippen molar-refractivity contribution in [3.63, 3.8) is 0 Å². The van der Waals surface area contributed by atoms with E-state index in [4.69, 9.17) is 0 Å². The summed E-state index contributed by atoms with van der Waals surface area (Å²) in [6, 6.07) is 13.2. The smallest absolute Gasteiger partial charge is 0.271 e. The minimum Gasteiger partial charge on any atom is -0.396 e. The van der Waals surface area contributed by atoms with Crippen molar-refractivity contribution in [1.82, 2.24) is 14.8 Å². The van der Waals surface area contributed by atoms with Gasteiger partial charge in [0, 0.05) is 24.9 Å². The molecular weight excluding hydrogens is 421 g/mol. The molecule has 1 aromatic heterocycles. The first-order chi connectivity index (χ1) is 16.1. The van der Waals surface area contributed by atoms with Crippen LogP contribution in [0.4, 0.5) is 4.39 Å². The third-order valence-electron chi connectivity index (χ3n) is 7.07. The molecule has 33 heavy (non-hydrogen) atoms. The highest BCUT2D eigenvalue weighted by atomic mass is 19.1. The molecule has 6 nitrogen and oxygen atoms in total. The fourth-order valence-corrected chi connectivity index (χ4v) is 5.20. The fraction of sp³-hybridized carbons (Fsp3) is 0.538. The Morgan fingerprint density at radius 2 is 1.70 bits per heavy atom. The summed E-state index contributed by atoms with van der Waals surface area (Å²) in [7, 11) is 0. The first-order valence-electron chi connectivity index (χ1n) is 12.2. The zero-order chi connectivity index (χ0) is 23.3. The molecule has 0 bridgehead atoms. The topological polar surface area (TPSA) is 74.6 Å². The molecule has 0 spiro atoms. The van der Waals surface area contributed by atoms with Crippen molar-refractivity contribution in [2.24, 2.45) is 0 Å². The van der Waals surface area contributed by atoms with Gasteiger partial charge in [-0.1, -0.05) is 62.4 Å². The second-order valence-corrected chi connectivity index (χ2v) is 9.27. The Hall–Kier alpha value is -2.67. The van der Waals surface area contributed by atoms with Gasteiger partial charge in [-0.2, -0.15) is 0 Å². The number of aliphatic hydroxyl groups excluding tert-OH is 1. The van der Waals surface area contributed by atoms with Gasteiger partial charge in [0.05, 0.1) is 6.54 Å². The highest BCUT2D eigenvalue weighted by Crippen LogP contribution is 2.34. The summed E-state index contributed by atoms with van der Waals surface area (Å²) in [6.45, 7) is -0.934. The van der Waals surface area contributed by atoms with E-state index in [-0.39, 0.29) is 38.1 Å². The molecule has 0 saturated heterocycles. The minimum atomic E-state index is -1.63. The lowest BCUT2D eigenvalue weighted by molar-refractivity contribution is -0.136. The normalized spacial score (nSPS) is 21.9. The van der Waals surface area contributed by atoms with Crippen molar-refractivity contribution < 1.29 is 19.1 Å². The average Bonchev–Trinajstić information content (AvgIpc) is 3.24. The molecule has 2 aliphatic rings. The van der Waals surface area contributed by atoms with Gasteiger partial charge in [0.25, 0.3) is 11.8 Å². The monoisotopic (exact) mass is 455 g/mol. The summed E-state index contributed by atoms with van der Waals surface area (Å²) in [4.78, 5) is 28.6. The Morgan fingerprint density at radius 3 is 2.36 bits per heavy atom. The van der Waals surface area contributed by atoms with Crippen LogP contribution in [-0.2, 0) is 11.3 Å². The lowest BCUT2D eigenvalue weighted by Crippen LogP contribution is -2.68. The van der Waals surface area contributed by atoms with Crippen LogP contribution in [0.5, 0.6) is 0 Å². The molecule has 1 atom stereocenters. The van der Waals surface area contributed by atoms with Crippen molar-refractivity contribution in [2.75, 3.05) is 19.8 Å². The molecule has 0 radical (unpaired) electrons. The van der Waals surface area contributed by atoms with Gasteiger partial charge in [-0.15, -0.1) is 0 Å². The van der Waals surface area contributed by atoms with Gasteiger partial charge < -0.3 is 19.9 Å². The molecule has 178 valence electrons. The van der Waals surface area contributed by atoms with Crippen LogP contribution in [0.3, 0.4) is 0 Å². The van der Waals surface area contributed by atoms with E-state index in [0.29, 0.717) is 5.69 Å². The molecule has 2 aromatic rings. The van der Waals surface area contributed by atoms with E-state index in [0.717, 1.165) is 49.8 Å². The Kier molecular flexibility index (Phi) is 7.48. The quantitative estimate of drug-likeness (QED) is 0.664. The highest BCUT2D eigenvalue weighted by molar-refractivity contribution is 6.01. The van der Waals surface area contributed by atoms with Gasteiger partial charge in [-0.05, 0) is 37.0 Å². The number of halogens is 1. The number of benzene rings is 1. The van der Waals surface area contributed by atoms with Crippen LogP contribution < -0.4 is 5.32 Å². The van der Waals surface area contributed by atoms with Gasteiger partial charge in [-0.3, -0.25) is 9.59 Å². The van der Waals surface area contributed by atoms with E-state index < -0.39 is 18.1 Å². The minimum absolute atomic E-state index is 0.00401. The third kappa shape index (κ3) is 4.69. The molecule has 1 aliphatic carbocycles. The number of hydrogen-bond acceptors (Lipinski definition) is 3. The van der Waals surface area contributed by atoms with Gasteiger partial charge in [0.1, 0.15) is 12.4 Å². The van der Waals surface area contributed by atoms with E-state index in [2.05, 4.69) is 5.32 Å². The van der Waals surface area contributed by atoms with Gasteiger partial charge >= 0.3 is 0 Å². The number of hydrogen-bond donors (Lipinski definition) is 2. The number of carbonyl (C=O) groups is 2. The van der Waals surface area contributed by atoms with Crippen LogP contribution in [0.1, 0.15) is 61.9 Å². The number of amides is 2. The summed E-state index contributed by atoms with van der Waals surface area (Å²) in [5.41, 5.74) is 0.505. The summed E-state index contributed by atoms with van der Waals surface area (Å²) in [5.74, 6) is -0.803. The van der Waals surface area contributed by atoms with Crippen LogP contribution >= 0.6 is 0 Å². The predicted octanol–water partition coefficient (Wildman–Crippen LogP) is 3.93. The van der Waals surface area contributed by atoms with Crippen LogP contribution in [0.2, 0.25) is 0 Å². The lowest BCUT2D eigenvalue weighted by atomic mass is 9.91. The predicted molar refractivity (Wildman–Crippen MR) is 126 cm³/mol. The fourth-order valence-electron chi connectivity index (χ4n) is 5.20. The third-order valence-corrected chi connectivity index (χ3v) is 7.07. The van der Waals surface area contributed by atoms with Crippen LogP contribution in [0.25, 0.3) is 11.3 Å². The Morgan fingerprint density at radius 1 is 1.03 bits per heavy atom. The highest BCUT2D eigenvalue weighted by Gasteiger charge is 2.51. The molecule has 1 unspecified atom stereocenters. The van der Waals surface area contributed by atoms with Crippen molar-refractivity contribution in [3.8, 4) is 11.3 Å². The number of aromatic nitrogens is 1. The van der Waals surface area contributed by atoms with E-state index in [9.17, 15) is 19.1 Å². The zero-order valence-electron chi connectivity index (χ0n) is 19.1. The molecule has 1 aromatic carbocycles. The van der Waals surface area contributed by atoms with Gasteiger partial charge in [-0.25, -0.2) is 4.39 Å². The van der Waals surface area contributed by atoms with Gasteiger partial charge in [0.2, 0.25) is 0 Å². The number of fused-ring (bicyclic) bond motifs is 1. The zero-order valence-corrected chi connectivity index (χ0v) is 19.1. The maximum Gasteiger partial charge on any atom is 0.271 e. The largest absolute Gasteiger partial charge is 0.396 e. The van der Waals surface area contributed by atoms with Crippen molar-refractivity contribution in [1.29, 1.82) is 0 Å². The van der Waals surface area contributed by atoms with Crippen molar-refractivity contribution in [2.45, 2.75) is 69.5 Å². The summed E-state index contributed by atoms with van der Waals surface area (Å²) >= 11 is 0. The van der Waals surface area contributed by atoms with Gasteiger partial charge in [0.15, 0.2) is 5.54 Å². The van der Waals surface area contributed by atoms with Crippen molar-refractivity contribution >= 4 is 11.8 Å². The summed E-state index contributed by atoms with van der Waals surface area (Å²) in [5, 5.41) is 12.5. The Bertz CT molecular complexity index is 953. The summed E-state index contributed by atoms with van der Waals surface area (Å²) < 4.78 is 16.7. The maximum absolute atomic E-state index is 14.9. The summed E-state index contributed by atoms with van der Waals surface area (Å²) in [6.07, 6.45) is 7.64. The van der Waals surface area contributed by atoms with Crippen LogP contribution in [0, 0.1) is 0 Å². The number of alkyl halides is 1. The number of carbonyl (C=O) groups excluding carboxylic acids is 2. The molecular formula is C26H34FN3O3. The van der Waals surface area contributed by atoms with E-state index in [1.54, 1.807) is 10.6 Å². The molecule has 2 amide bonds. The number of aliphatic hydroxyl groups is 1. The maximum atomic E-state index is 14.9. The number of rotatable bonds is 7. The second kappa shape index (κ2) is 10.5. The first kappa shape index (κ1) is 23.5. The Balaban J connectivity index is 1.69. The van der Waals surface area contributed by atoms with Crippen LogP contribution in [-0.4, -0.2) is 57.8 Å². The van der Waals surface area contributed by atoms with E-state index in [1.165, 1.54) is 11.3 Å². The molecule has 2 N–H and O–H groups in total. The Labute approximate surface area is 194 Å². The number of nitrogens with one attached hydrogen (secondary N) is 1. The van der Waals surface area contributed by atoms with Crippen molar-refractivity contribution in [3.05, 3.63) is 48.2 Å². The van der Waals surface area contributed by atoms with Crippen LogP contribution in [0.15, 0.2) is 42.5 Å². The molecule has 1 aliphatic heterocycles.